The van der Waals surface area contributed by atoms with Crippen LogP contribution in [0.1, 0.15) is 251 Å². The third-order valence-electron chi connectivity index (χ3n) is 18.0. The number of hydrogen-bond acceptors (Lipinski definition) is 10. The van der Waals surface area contributed by atoms with E-state index in [2.05, 4.69) is 90.5 Å². The third kappa shape index (κ3) is 10.7. The zero-order valence-electron chi connectivity index (χ0n) is 47.5. The minimum Gasteiger partial charge on any atom is -0.173 e. The van der Waals surface area contributed by atoms with Gasteiger partial charge in [0.2, 0.25) is 0 Å². The number of aromatic nitrogens is 4. The molecule has 10 rings (SSSR count). The second-order valence-corrected chi connectivity index (χ2v) is 28.3. The Bertz CT molecular complexity index is 3100. The molecule has 0 atom stereocenters. The van der Waals surface area contributed by atoms with Crippen LogP contribution in [0.15, 0.2) is 40.6 Å². The summed E-state index contributed by atoms with van der Waals surface area (Å²) >= 11 is 10.6. The van der Waals surface area contributed by atoms with Crippen molar-refractivity contribution in [2.45, 2.75) is 232 Å². The highest BCUT2D eigenvalue weighted by Gasteiger charge is 2.50. The van der Waals surface area contributed by atoms with Crippen molar-refractivity contribution in [2.75, 3.05) is 12.5 Å². The third-order valence-corrected chi connectivity index (χ3v) is 23.6. The lowest BCUT2D eigenvalue weighted by Crippen LogP contribution is -2.27. The fourth-order valence-corrected chi connectivity index (χ4v) is 19.2. The number of rotatable bonds is 31. The quantitative estimate of drug-likeness (QED) is 0.0404. The fourth-order valence-electron chi connectivity index (χ4n) is 14.2. The van der Waals surface area contributed by atoms with Crippen molar-refractivity contribution in [2.24, 2.45) is 0 Å². The predicted octanol–water partition coefficient (Wildman–Crippen LogP) is 23.1. The molecule has 406 valence electrons. The van der Waals surface area contributed by atoms with E-state index in [1.165, 1.54) is 283 Å². The molecule has 0 bridgehead atoms. The van der Waals surface area contributed by atoms with Gasteiger partial charge in [0, 0.05) is 58.2 Å². The molecule has 0 amide bonds. The van der Waals surface area contributed by atoms with Gasteiger partial charge in [-0.05, 0) is 121 Å². The maximum atomic E-state index is 5.46. The minimum absolute atomic E-state index is 0.0741. The summed E-state index contributed by atoms with van der Waals surface area (Å²) in [7, 11) is 0. The van der Waals surface area contributed by atoms with Crippen LogP contribution in [0.2, 0.25) is 0 Å². The van der Waals surface area contributed by atoms with E-state index in [0.29, 0.717) is 0 Å². The fraction of sp³-hybridized carbons (Fsp3) is 0.576. The van der Waals surface area contributed by atoms with Crippen molar-refractivity contribution in [1.82, 2.24) is 17.5 Å². The monoisotopic (exact) mass is 1130 g/mol. The van der Waals surface area contributed by atoms with Crippen LogP contribution in [0, 0.1) is 13.8 Å². The molecular weight excluding hydrogens is 1040 g/mol. The SMILES string of the molecule is CCCCCCCCC1(CCCCCCCC)c2cc3c(cc2-c2c1cc(C)c1nsnc21)C(CCCCCCCC)(CCCCCCCC)c1cc(-c2cc4c(s2)-c2sc(C)cc2C4=C(SC)SC)c2nsnc2c1-3. The number of thiophene rings is 2. The molecule has 0 radical (unpaired) electrons. The molecule has 4 nitrogen and oxygen atoms in total. The molecule has 4 heterocycles. The van der Waals surface area contributed by atoms with Gasteiger partial charge in [0.15, 0.2) is 0 Å². The molecule has 0 spiro atoms. The smallest absolute Gasteiger partial charge is 0.114 e. The van der Waals surface area contributed by atoms with Crippen molar-refractivity contribution in [3.63, 3.8) is 0 Å². The molecule has 10 heteroatoms. The van der Waals surface area contributed by atoms with E-state index in [1.54, 1.807) is 16.7 Å². The number of benzene rings is 3. The Morgan fingerprint density at radius 3 is 1.29 bits per heavy atom. The van der Waals surface area contributed by atoms with Gasteiger partial charge in [0.05, 0.1) is 33.2 Å². The maximum absolute atomic E-state index is 5.46. The maximum Gasteiger partial charge on any atom is 0.114 e. The Morgan fingerprint density at radius 2 is 0.803 bits per heavy atom. The molecule has 0 saturated carbocycles. The van der Waals surface area contributed by atoms with Gasteiger partial charge in [-0.1, -0.05) is 188 Å². The molecule has 3 aliphatic rings. The summed E-state index contributed by atoms with van der Waals surface area (Å²) in [6.07, 6.45) is 40.5. The van der Waals surface area contributed by atoms with E-state index < -0.39 is 0 Å². The van der Waals surface area contributed by atoms with Gasteiger partial charge in [0.25, 0.3) is 0 Å². The Labute approximate surface area is 482 Å². The largest absolute Gasteiger partial charge is 0.173 e. The summed E-state index contributed by atoms with van der Waals surface area (Å²) in [5.74, 6) is 0. The average Bonchev–Trinajstić information content (AvgIpc) is 4.33. The molecule has 4 aromatic heterocycles. The second kappa shape index (κ2) is 25.7. The number of aryl methyl sites for hydroxylation is 2. The van der Waals surface area contributed by atoms with Gasteiger partial charge in [0.1, 0.15) is 22.1 Å². The normalized spacial score (nSPS) is 14.5. The van der Waals surface area contributed by atoms with Crippen LogP contribution >= 0.6 is 69.7 Å². The highest BCUT2D eigenvalue weighted by atomic mass is 32.2. The molecule has 3 aliphatic carbocycles. The van der Waals surface area contributed by atoms with Gasteiger partial charge in [-0.15, -0.1) is 46.2 Å². The summed E-state index contributed by atoms with van der Waals surface area (Å²) in [5.41, 5.74) is 23.1. The first-order chi connectivity index (χ1) is 37.3. The van der Waals surface area contributed by atoms with E-state index >= 15 is 0 Å². The van der Waals surface area contributed by atoms with Gasteiger partial charge in [-0.2, -0.15) is 17.5 Å². The molecule has 3 aromatic carbocycles. The lowest BCUT2D eigenvalue weighted by molar-refractivity contribution is 0.394. The van der Waals surface area contributed by atoms with Crippen LogP contribution in [0.4, 0.5) is 0 Å². The zero-order chi connectivity index (χ0) is 52.8. The first-order valence-corrected chi connectivity index (χ1v) is 35.7. The predicted molar refractivity (Wildman–Crippen MR) is 342 cm³/mol. The Kier molecular flexibility index (Phi) is 19.1. The van der Waals surface area contributed by atoms with Crippen LogP contribution in [0.3, 0.4) is 0 Å². The van der Waals surface area contributed by atoms with E-state index in [0.717, 1.165) is 22.1 Å². The number of nitrogens with zero attached hydrogens (tertiary/aromatic N) is 4. The van der Waals surface area contributed by atoms with E-state index in [1.807, 2.05) is 46.2 Å². The van der Waals surface area contributed by atoms with Crippen LogP contribution < -0.4 is 0 Å². The van der Waals surface area contributed by atoms with Crippen LogP contribution in [-0.4, -0.2) is 30.0 Å². The first kappa shape index (κ1) is 56.4. The van der Waals surface area contributed by atoms with Crippen molar-refractivity contribution in [3.8, 4) is 42.4 Å². The summed E-state index contributed by atoms with van der Waals surface area (Å²) < 4.78 is 22.5. The summed E-state index contributed by atoms with van der Waals surface area (Å²) in [5, 5.41) is 0. The first-order valence-electron chi connectivity index (χ1n) is 30.1. The zero-order valence-corrected chi connectivity index (χ0v) is 52.4. The number of thioether (sulfide) groups is 2. The summed E-state index contributed by atoms with van der Waals surface area (Å²) in [4.78, 5) is 5.61. The number of unbranched alkanes of at least 4 members (excludes halogenated alkanes) is 20. The topological polar surface area (TPSA) is 51.6 Å². The van der Waals surface area contributed by atoms with Crippen LogP contribution in [0.25, 0.3) is 70.1 Å². The highest BCUT2D eigenvalue weighted by Crippen LogP contribution is 2.64. The molecule has 0 N–H and O–H groups in total. The molecule has 76 heavy (non-hydrogen) atoms. The standard InChI is InChI=1S/C66H86N4S6/c1-9-13-17-21-25-29-33-65(34-30-26-22-18-14-10-2)50-40-46-51(39-45(50)56-52(65)37-43(5)58-60(56)69-75-67-58)66(35-31-27-23-19-15-11-3,36-32-28-24-20-16-12-4)53-41-47(59-61(57(46)53)70-76-68-59)54-42-49-55(64(71-7)72-8)48-38-44(6)73-62(48)63(49)74-54/h37-42H,9-36H2,1-8H3. The Hall–Kier alpha value is -2.86. The Balaban J connectivity index is 1.20. The van der Waals surface area contributed by atoms with Crippen molar-refractivity contribution in [3.05, 3.63) is 84.5 Å². The van der Waals surface area contributed by atoms with E-state index in [-0.39, 0.29) is 10.8 Å². The van der Waals surface area contributed by atoms with Crippen molar-refractivity contribution >= 4 is 97.3 Å². The summed E-state index contributed by atoms with van der Waals surface area (Å²) in [6, 6.07) is 15.9. The lowest BCUT2D eigenvalue weighted by Gasteiger charge is -2.35. The molecule has 7 aromatic rings. The van der Waals surface area contributed by atoms with Gasteiger partial charge >= 0.3 is 0 Å². The van der Waals surface area contributed by atoms with E-state index in [4.69, 9.17) is 17.5 Å². The second-order valence-electron chi connectivity index (χ2n) is 23.1. The van der Waals surface area contributed by atoms with Gasteiger partial charge in [-0.25, -0.2) is 0 Å². The lowest BCUT2D eigenvalue weighted by atomic mass is 9.68. The minimum atomic E-state index is -0.135. The highest BCUT2D eigenvalue weighted by molar-refractivity contribution is 8.22. The average molecular weight is 1130 g/mol. The van der Waals surface area contributed by atoms with Crippen molar-refractivity contribution < 1.29 is 0 Å². The van der Waals surface area contributed by atoms with Crippen LogP contribution in [0.5, 0.6) is 0 Å². The number of fused-ring (bicyclic) bond motifs is 13. The molecular formula is C66H86N4S6. The molecule has 0 unspecified atom stereocenters. The Morgan fingerprint density at radius 1 is 0.408 bits per heavy atom. The summed E-state index contributed by atoms with van der Waals surface area (Å²) in [6.45, 7) is 14.0. The van der Waals surface area contributed by atoms with E-state index in [9.17, 15) is 0 Å². The molecule has 0 aliphatic heterocycles. The molecule has 0 saturated heterocycles. The van der Waals surface area contributed by atoms with Crippen LogP contribution in [-0.2, 0) is 10.8 Å². The van der Waals surface area contributed by atoms with Gasteiger partial charge < -0.3 is 0 Å². The molecule has 0 fully saturated rings. The van der Waals surface area contributed by atoms with Gasteiger partial charge in [-0.3, -0.25) is 0 Å². The number of hydrogen-bond donors (Lipinski definition) is 0. The van der Waals surface area contributed by atoms with Crippen molar-refractivity contribution in [1.29, 1.82) is 0 Å².